The van der Waals surface area contributed by atoms with Gasteiger partial charge in [-0.3, -0.25) is 14.5 Å². The Morgan fingerprint density at radius 3 is 2.23 bits per heavy atom. The standard InChI is InChI=1S/C23H26N2O5S/c1-14(24-21-18-8-6-7-9-19(18)31(28,29)25-21)22(27)30-15(2)20(26)16-10-12-17(13-11-16)23(3,4)5/h6-15H,1-5H3,(H,24,25)/t14-,15-/m0/s1. The largest absolute Gasteiger partial charge is 0.453 e. The van der Waals surface area contributed by atoms with E-state index in [0.29, 0.717) is 11.1 Å². The van der Waals surface area contributed by atoms with Crippen molar-refractivity contribution in [2.24, 2.45) is 4.99 Å². The summed E-state index contributed by atoms with van der Waals surface area (Å²) in [6.45, 7) is 9.24. The number of ether oxygens (including phenoxy) is 1. The Morgan fingerprint density at radius 2 is 1.61 bits per heavy atom. The third-order valence-electron chi connectivity index (χ3n) is 5.02. The number of carbonyl (C=O) groups excluding carboxylic acids is 2. The van der Waals surface area contributed by atoms with Crippen molar-refractivity contribution >= 4 is 27.6 Å². The van der Waals surface area contributed by atoms with E-state index in [-0.39, 0.29) is 21.9 Å². The average molecular weight is 443 g/mol. The minimum absolute atomic E-state index is 0.0331. The van der Waals surface area contributed by atoms with Crippen LogP contribution in [0.1, 0.15) is 56.1 Å². The quantitative estimate of drug-likeness (QED) is 0.566. The van der Waals surface area contributed by atoms with Gasteiger partial charge in [-0.2, -0.15) is 0 Å². The number of esters is 1. The Hall–Kier alpha value is -3.00. The summed E-state index contributed by atoms with van der Waals surface area (Å²) in [5, 5.41) is 0. The van der Waals surface area contributed by atoms with Crippen molar-refractivity contribution in [3.05, 3.63) is 65.2 Å². The topological polar surface area (TPSA) is 102 Å². The number of nitrogens with zero attached hydrogens (tertiary/aromatic N) is 1. The molecule has 0 bridgehead atoms. The molecule has 0 saturated carbocycles. The molecular formula is C23H26N2O5S. The van der Waals surface area contributed by atoms with E-state index >= 15 is 0 Å². The van der Waals surface area contributed by atoms with Crippen LogP contribution in [0, 0.1) is 0 Å². The number of aliphatic imine (C=N–C) groups is 1. The second-order valence-corrected chi connectivity index (χ2v) is 10.2. The molecule has 1 heterocycles. The lowest BCUT2D eigenvalue weighted by atomic mass is 9.86. The highest BCUT2D eigenvalue weighted by molar-refractivity contribution is 7.90. The molecule has 2 aromatic carbocycles. The van der Waals surface area contributed by atoms with Crippen molar-refractivity contribution in [3.8, 4) is 0 Å². The number of amidine groups is 1. The molecular weight excluding hydrogens is 416 g/mol. The lowest BCUT2D eigenvalue weighted by Gasteiger charge is -2.19. The summed E-state index contributed by atoms with van der Waals surface area (Å²) < 4.78 is 32.0. The summed E-state index contributed by atoms with van der Waals surface area (Å²) in [5.74, 6) is -0.958. The minimum atomic E-state index is -3.70. The normalized spacial score (nSPS) is 18.0. The number of carbonyl (C=O) groups is 2. The van der Waals surface area contributed by atoms with Gasteiger partial charge in [0.05, 0.1) is 4.90 Å². The zero-order valence-corrected chi connectivity index (χ0v) is 19.0. The fourth-order valence-corrected chi connectivity index (χ4v) is 4.41. The number of benzene rings is 2. The van der Waals surface area contributed by atoms with Crippen molar-refractivity contribution in [3.63, 3.8) is 0 Å². The molecule has 7 nitrogen and oxygen atoms in total. The zero-order valence-electron chi connectivity index (χ0n) is 18.2. The molecule has 164 valence electrons. The van der Waals surface area contributed by atoms with Crippen molar-refractivity contribution in [1.29, 1.82) is 0 Å². The van der Waals surface area contributed by atoms with Gasteiger partial charge in [0.1, 0.15) is 11.9 Å². The molecule has 0 amide bonds. The summed E-state index contributed by atoms with van der Waals surface area (Å²) in [6, 6.07) is 12.6. The van der Waals surface area contributed by atoms with Crippen LogP contribution in [-0.4, -0.2) is 38.2 Å². The molecule has 0 unspecified atom stereocenters. The summed E-state index contributed by atoms with van der Waals surface area (Å²) in [5.41, 5.74) is 1.90. The van der Waals surface area contributed by atoms with Gasteiger partial charge in [-0.05, 0) is 37.0 Å². The fourth-order valence-electron chi connectivity index (χ4n) is 3.17. The molecule has 0 radical (unpaired) electrons. The lowest BCUT2D eigenvalue weighted by Crippen LogP contribution is -2.31. The van der Waals surface area contributed by atoms with E-state index in [9.17, 15) is 18.0 Å². The van der Waals surface area contributed by atoms with Crippen molar-refractivity contribution in [2.45, 2.75) is 57.1 Å². The number of rotatable bonds is 5. The van der Waals surface area contributed by atoms with Crippen LogP contribution >= 0.6 is 0 Å². The summed E-state index contributed by atoms with van der Waals surface area (Å²) in [7, 11) is -3.70. The molecule has 31 heavy (non-hydrogen) atoms. The molecule has 1 aliphatic rings. The first kappa shape index (κ1) is 22.7. The van der Waals surface area contributed by atoms with Crippen LogP contribution in [0.2, 0.25) is 0 Å². The zero-order chi connectivity index (χ0) is 23.0. The van der Waals surface area contributed by atoms with Gasteiger partial charge in [0.15, 0.2) is 6.10 Å². The summed E-state index contributed by atoms with van der Waals surface area (Å²) in [4.78, 5) is 29.4. The molecule has 2 atom stereocenters. The van der Waals surface area contributed by atoms with Crippen molar-refractivity contribution in [1.82, 2.24) is 4.72 Å². The van der Waals surface area contributed by atoms with Gasteiger partial charge < -0.3 is 4.74 Å². The number of hydrogen-bond donors (Lipinski definition) is 1. The van der Waals surface area contributed by atoms with Crippen LogP contribution in [0.3, 0.4) is 0 Å². The number of nitrogens with one attached hydrogen (secondary N) is 1. The molecule has 2 aromatic rings. The number of sulfonamides is 1. The highest BCUT2D eigenvalue weighted by atomic mass is 32.2. The predicted molar refractivity (Wildman–Crippen MR) is 118 cm³/mol. The van der Waals surface area contributed by atoms with Crippen molar-refractivity contribution in [2.75, 3.05) is 0 Å². The SMILES string of the molecule is C[C@H](N=C1NS(=O)(=O)c2ccccc21)C(=O)O[C@@H](C)C(=O)c1ccc(C(C)(C)C)cc1. The number of ketones is 1. The molecule has 0 aliphatic carbocycles. The lowest BCUT2D eigenvalue weighted by molar-refractivity contribution is -0.147. The van der Waals surface area contributed by atoms with E-state index in [0.717, 1.165) is 5.56 Å². The molecule has 3 rings (SSSR count). The van der Waals surface area contributed by atoms with E-state index in [1.54, 1.807) is 30.3 Å². The van der Waals surface area contributed by atoms with E-state index in [1.807, 2.05) is 12.1 Å². The maximum Gasteiger partial charge on any atom is 0.331 e. The minimum Gasteiger partial charge on any atom is -0.453 e. The molecule has 0 saturated heterocycles. The van der Waals surface area contributed by atoms with Crippen LogP contribution < -0.4 is 4.72 Å². The van der Waals surface area contributed by atoms with Gasteiger partial charge in [-0.25, -0.2) is 13.2 Å². The molecule has 0 spiro atoms. The maximum absolute atomic E-state index is 12.7. The molecule has 0 fully saturated rings. The maximum atomic E-state index is 12.7. The molecule has 1 N–H and O–H groups in total. The Labute approximate surface area is 182 Å². The van der Waals surface area contributed by atoms with Crippen LogP contribution in [0.4, 0.5) is 0 Å². The van der Waals surface area contributed by atoms with Gasteiger partial charge in [-0.1, -0.05) is 57.2 Å². The summed E-state index contributed by atoms with van der Waals surface area (Å²) in [6.07, 6.45) is -0.997. The van der Waals surface area contributed by atoms with Crippen LogP contribution in [0.15, 0.2) is 58.4 Å². The molecule has 1 aliphatic heterocycles. The fraction of sp³-hybridized carbons (Fsp3) is 0.348. The van der Waals surface area contributed by atoms with Gasteiger partial charge in [0, 0.05) is 11.1 Å². The van der Waals surface area contributed by atoms with E-state index < -0.39 is 28.1 Å². The van der Waals surface area contributed by atoms with Crippen LogP contribution in [-0.2, 0) is 25.0 Å². The van der Waals surface area contributed by atoms with Crippen LogP contribution in [0.5, 0.6) is 0 Å². The average Bonchev–Trinajstić information content (AvgIpc) is 2.97. The van der Waals surface area contributed by atoms with E-state index in [1.165, 1.54) is 19.9 Å². The predicted octanol–water partition coefficient (Wildman–Crippen LogP) is 3.23. The Balaban J connectivity index is 1.70. The third-order valence-corrected chi connectivity index (χ3v) is 6.42. The molecule has 0 aromatic heterocycles. The van der Waals surface area contributed by atoms with Gasteiger partial charge in [0.25, 0.3) is 10.0 Å². The monoisotopic (exact) mass is 442 g/mol. The first-order valence-electron chi connectivity index (χ1n) is 9.95. The van der Waals surface area contributed by atoms with E-state index in [2.05, 4.69) is 30.5 Å². The first-order chi connectivity index (χ1) is 14.4. The highest BCUT2D eigenvalue weighted by Gasteiger charge is 2.32. The molecule has 8 heteroatoms. The van der Waals surface area contributed by atoms with Crippen LogP contribution in [0.25, 0.3) is 0 Å². The first-order valence-corrected chi connectivity index (χ1v) is 11.4. The highest BCUT2D eigenvalue weighted by Crippen LogP contribution is 2.24. The number of fused-ring (bicyclic) bond motifs is 1. The Morgan fingerprint density at radius 1 is 1.00 bits per heavy atom. The number of hydrogen-bond acceptors (Lipinski definition) is 6. The second-order valence-electron chi connectivity index (χ2n) is 8.53. The Kier molecular flexibility index (Phi) is 6.04. The summed E-state index contributed by atoms with van der Waals surface area (Å²) >= 11 is 0. The van der Waals surface area contributed by atoms with Gasteiger partial charge >= 0.3 is 5.97 Å². The van der Waals surface area contributed by atoms with Gasteiger partial charge in [0.2, 0.25) is 5.78 Å². The van der Waals surface area contributed by atoms with E-state index in [4.69, 9.17) is 4.74 Å². The second kappa shape index (κ2) is 8.26. The smallest absolute Gasteiger partial charge is 0.331 e. The third kappa shape index (κ3) is 4.85. The Bertz CT molecular complexity index is 1150. The van der Waals surface area contributed by atoms with Gasteiger partial charge in [-0.15, -0.1) is 0 Å². The number of Topliss-reactive ketones (excluding diaryl/α,β-unsaturated/α-hetero) is 1. The van der Waals surface area contributed by atoms with Crippen molar-refractivity contribution < 1.29 is 22.7 Å².